The standard InChI is InChI=1S/C19H23N3O3S/c1-14-18(8-5-13-20-14)21-19(23)15-9-11-16(12-10-15)22-26(24,25)17-6-3-2-4-7-17/h2-4,6-7,9-12,14,18,20,22H,5,8,13H2,1H3,(H,21,23). The summed E-state index contributed by atoms with van der Waals surface area (Å²) in [6.07, 6.45) is 1.99. The van der Waals surface area contributed by atoms with Crippen molar-refractivity contribution in [3.8, 4) is 0 Å². The molecule has 2 unspecified atom stereocenters. The maximum Gasteiger partial charge on any atom is 0.261 e. The molecule has 2 aromatic rings. The molecule has 0 bridgehead atoms. The lowest BCUT2D eigenvalue weighted by atomic mass is 9.99. The summed E-state index contributed by atoms with van der Waals surface area (Å²) in [7, 11) is -3.64. The molecule has 0 saturated carbocycles. The molecule has 1 amide bonds. The molecule has 0 aromatic heterocycles. The van der Waals surface area contributed by atoms with Crippen LogP contribution in [0.3, 0.4) is 0 Å². The lowest BCUT2D eigenvalue weighted by Crippen LogP contribution is -2.51. The van der Waals surface area contributed by atoms with Gasteiger partial charge in [-0.25, -0.2) is 8.42 Å². The molecule has 7 heteroatoms. The zero-order valence-corrected chi connectivity index (χ0v) is 15.4. The van der Waals surface area contributed by atoms with Crippen LogP contribution in [-0.4, -0.2) is 33.0 Å². The first-order valence-electron chi connectivity index (χ1n) is 8.68. The summed E-state index contributed by atoms with van der Waals surface area (Å²) in [5.74, 6) is -0.150. The van der Waals surface area contributed by atoms with E-state index in [-0.39, 0.29) is 22.9 Å². The van der Waals surface area contributed by atoms with E-state index in [4.69, 9.17) is 0 Å². The van der Waals surface area contributed by atoms with E-state index in [1.807, 2.05) is 0 Å². The Morgan fingerprint density at radius 1 is 1.08 bits per heavy atom. The SMILES string of the molecule is CC1NCCCC1NC(=O)c1ccc(NS(=O)(=O)c2ccccc2)cc1. The molecule has 6 nitrogen and oxygen atoms in total. The Morgan fingerprint density at radius 2 is 1.77 bits per heavy atom. The van der Waals surface area contributed by atoms with Crippen molar-refractivity contribution in [1.29, 1.82) is 0 Å². The van der Waals surface area contributed by atoms with Gasteiger partial charge in [0.1, 0.15) is 0 Å². The van der Waals surface area contributed by atoms with Gasteiger partial charge in [-0.05, 0) is 62.7 Å². The second-order valence-corrected chi connectivity index (χ2v) is 8.14. The fraction of sp³-hybridized carbons (Fsp3) is 0.316. The minimum atomic E-state index is -3.64. The van der Waals surface area contributed by atoms with Crippen molar-refractivity contribution < 1.29 is 13.2 Å². The number of hydrogen-bond donors (Lipinski definition) is 3. The normalized spacial score (nSPS) is 20.3. The first kappa shape index (κ1) is 18.4. The van der Waals surface area contributed by atoms with E-state index in [0.717, 1.165) is 19.4 Å². The van der Waals surface area contributed by atoms with Crippen molar-refractivity contribution in [2.45, 2.75) is 36.7 Å². The van der Waals surface area contributed by atoms with Gasteiger partial charge in [0.2, 0.25) is 0 Å². The summed E-state index contributed by atoms with van der Waals surface area (Å²) >= 11 is 0. The minimum Gasteiger partial charge on any atom is -0.348 e. The summed E-state index contributed by atoms with van der Waals surface area (Å²) < 4.78 is 27.2. The highest BCUT2D eigenvalue weighted by atomic mass is 32.2. The molecule has 2 atom stereocenters. The fourth-order valence-electron chi connectivity index (χ4n) is 3.00. The Balaban J connectivity index is 1.65. The van der Waals surface area contributed by atoms with Gasteiger partial charge in [0.25, 0.3) is 15.9 Å². The second kappa shape index (κ2) is 7.88. The molecule has 1 saturated heterocycles. The smallest absolute Gasteiger partial charge is 0.261 e. The number of nitrogens with one attached hydrogen (secondary N) is 3. The third-order valence-corrected chi connectivity index (χ3v) is 5.93. The topological polar surface area (TPSA) is 87.3 Å². The number of anilines is 1. The monoisotopic (exact) mass is 373 g/mol. The molecule has 0 aliphatic carbocycles. The Kier molecular flexibility index (Phi) is 5.58. The molecule has 138 valence electrons. The van der Waals surface area contributed by atoms with Gasteiger partial charge >= 0.3 is 0 Å². The zero-order chi connectivity index (χ0) is 18.6. The summed E-state index contributed by atoms with van der Waals surface area (Å²) in [5, 5.41) is 6.39. The van der Waals surface area contributed by atoms with Gasteiger partial charge in [-0.15, -0.1) is 0 Å². The third kappa shape index (κ3) is 4.42. The second-order valence-electron chi connectivity index (χ2n) is 6.46. The van der Waals surface area contributed by atoms with E-state index in [2.05, 4.69) is 22.3 Å². The third-order valence-electron chi connectivity index (χ3n) is 4.53. The Bertz CT molecular complexity index is 851. The van der Waals surface area contributed by atoms with Gasteiger partial charge in [-0.1, -0.05) is 18.2 Å². The number of sulfonamides is 1. The molecule has 2 aromatic carbocycles. The first-order chi connectivity index (χ1) is 12.5. The van der Waals surface area contributed by atoms with Gasteiger partial charge in [-0.3, -0.25) is 9.52 Å². The predicted octanol–water partition coefficient (Wildman–Crippen LogP) is 2.36. The highest BCUT2D eigenvalue weighted by Gasteiger charge is 2.22. The van der Waals surface area contributed by atoms with Crippen LogP contribution in [0.4, 0.5) is 5.69 Å². The van der Waals surface area contributed by atoms with Crippen LogP contribution in [0, 0.1) is 0 Å². The first-order valence-corrected chi connectivity index (χ1v) is 10.2. The van der Waals surface area contributed by atoms with Crippen molar-refractivity contribution in [3.63, 3.8) is 0 Å². The lowest BCUT2D eigenvalue weighted by Gasteiger charge is -2.30. The number of carbonyl (C=O) groups is 1. The van der Waals surface area contributed by atoms with Gasteiger partial charge in [0.05, 0.1) is 4.90 Å². The minimum absolute atomic E-state index is 0.104. The molecule has 1 aliphatic heterocycles. The van der Waals surface area contributed by atoms with Crippen LogP contribution in [0.5, 0.6) is 0 Å². The van der Waals surface area contributed by atoms with Crippen LogP contribution in [0.25, 0.3) is 0 Å². The molecule has 1 fully saturated rings. The van der Waals surface area contributed by atoms with Crippen molar-refractivity contribution in [3.05, 3.63) is 60.2 Å². The molecule has 0 spiro atoms. The summed E-state index contributed by atoms with van der Waals surface area (Å²) in [6, 6.07) is 14.9. The number of carbonyl (C=O) groups excluding carboxylic acids is 1. The van der Waals surface area contributed by atoms with Gasteiger partial charge < -0.3 is 10.6 Å². The van der Waals surface area contributed by atoms with E-state index in [0.29, 0.717) is 11.3 Å². The van der Waals surface area contributed by atoms with Gasteiger partial charge in [-0.2, -0.15) is 0 Å². The number of benzene rings is 2. The van der Waals surface area contributed by atoms with Gasteiger partial charge in [0, 0.05) is 23.3 Å². The number of rotatable bonds is 5. The van der Waals surface area contributed by atoms with Crippen molar-refractivity contribution in [2.75, 3.05) is 11.3 Å². The summed E-state index contributed by atoms with van der Waals surface area (Å²) in [5.41, 5.74) is 0.920. The Labute approximate surface area is 154 Å². The molecule has 0 radical (unpaired) electrons. The fourth-order valence-corrected chi connectivity index (χ4v) is 4.08. The maximum atomic E-state index is 12.4. The molecular formula is C19H23N3O3S. The van der Waals surface area contributed by atoms with Crippen LogP contribution in [0.2, 0.25) is 0 Å². The van der Waals surface area contributed by atoms with Crippen LogP contribution < -0.4 is 15.4 Å². The van der Waals surface area contributed by atoms with Crippen molar-refractivity contribution >= 4 is 21.6 Å². The van der Waals surface area contributed by atoms with Gasteiger partial charge in [0.15, 0.2) is 0 Å². The van der Waals surface area contributed by atoms with E-state index in [1.54, 1.807) is 42.5 Å². The number of hydrogen-bond acceptors (Lipinski definition) is 4. The van der Waals surface area contributed by atoms with Crippen LogP contribution in [0.1, 0.15) is 30.1 Å². The largest absolute Gasteiger partial charge is 0.348 e. The summed E-state index contributed by atoms with van der Waals surface area (Å²) in [4.78, 5) is 12.6. The average molecular weight is 373 g/mol. The molecule has 3 rings (SSSR count). The highest BCUT2D eigenvalue weighted by molar-refractivity contribution is 7.92. The molecule has 26 heavy (non-hydrogen) atoms. The quantitative estimate of drug-likeness (QED) is 0.751. The highest BCUT2D eigenvalue weighted by Crippen LogP contribution is 2.17. The Hall–Kier alpha value is -2.38. The van der Waals surface area contributed by atoms with Crippen LogP contribution >= 0.6 is 0 Å². The lowest BCUT2D eigenvalue weighted by molar-refractivity contribution is 0.0920. The molecule has 1 aliphatic rings. The van der Waals surface area contributed by atoms with Crippen LogP contribution in [-0.2, 0) is 10.0 Å². The van der Waals surface area contributed by atoms with E-state index >= 15 is 0 Å². The molecule has 1 heterocycles. The van der Waals surface area contributed by atoms with Crippen molar-refractivity contribution in [2.24, 2.45) is 0 Å². The van der Waals surface area contributed by atoms with Crippen molar-refractivity contribution in [1.82, 2.24) is 10.6 Å². The Morgan fingerprint density at radius 3 is 2.42 bits per heavy atom. The summed E-state index contributed by atoms with van der Waals surface area (Å²) in [6.45, 7) is 3.04. The predicted molar refractivity (Wildman–Crippen MR) is 102 cm³/mol. The van der Waals surface area contributed by atoms with E-state index in [1.165, 1.54) is 12.1 Å². The zero-order valence-electron chi connectivity index (χ0n) is 14.6. The maximum absolute atomic E-state index is 12.4. The van der Waals surface area contributed by atoms with E-state index < -0.39 is 10.0 Å². The molecular weight excluding hydrogens is 350 g/mol. The number of piperidine rings is 1. The van der Waals surface area contributed by atoms with Crippen LogP contribution in [0.15, 0.2) is 59.5 Å². The number of amides is 1. The average Bonchev–Trinajstić information content (AvgIpc) is 2.64. The molecule has 3 N–H and O–H groups in total. The van der Waals surface area contributed by atoms with E-state index in [9.17, 15) is 13.2 Å².